The van der Waals surface area contributed by atoms with Crippen LogP contribution in [0.2, 0.25) is 0 Å². The minimum absolute atomic E-state index is 0.0146. The number of rotatable bonds is 15. The van der Waals surface area contributed by atoms with Crippen LogP contribution >= 0.6 is 34.9 Å². The van der Waals surface area contributed by atoms with Crippen LogP contribution in [0.25, 0.3) is 0 Å². The number of fused-ring (bicyclic) bond motifs is 1. The van der Waals surface area contributed by atoms with Gasteiger partial charge in [0.2, 0.25) is 11.8 Å². The molecule has 2 aromatic heterocycles. The van der Waals surface area contributed by atoms with E-state index < -0.39 is 64.1 Å². The van der Waals surface area contributed by atoms with Crippen molar-refractivity contribution >= 4 is 81.3 Å². The highest BCUT2D eigenvalue weighted by atomic mass is 32.2. The predicted molar refractivity (Wildman–Crippen MR) is 178 cm³/mol. The molecule has 0 saturated carbocycles. The minimum atomic E-state index is -1.37. The van der Waals surface area contributed by atoms with E-state index in [9.17, 15) is 48.6 Å². The van der Waals surface area contributed by atoms with Crippen LogP contribution in [0.4, 0.5) is 5.13 Å². The Hall–Kier alpha value is -5.03. The summed E-state index contributed by atoms with van der Waals surface area (Å²) in [6.45, 7) is 3.27. The Morgan fingerprint density at radius 1 is 1.14 bits per heavy atom. The molecule has 3 atom stereocenters. The van der Waals surface area contributed by atoms with Gasteiger partial charge in [0.05, 0.1) is 0 Å². The van der Waals surface area contributed by atoms with Crippen molar-refractivity contribution in [1.82, 2.24) is 35.3 Å². The van der Waals surface area contributed by atoms with Gasteiger partial charge in [0, 0.05) is 36.8 Å². The molecule has 23 heteroatoms. The van der Waals surface area contributed by atoms with Crippen molar-refractivity contribution in [3.63, 3.8) is 0 Å². The summed E-state index contributed by atoms with van der Waals surface area (Å²) in [5.74, 6) is -5.50. The lowest BCUT2D eigenvalue weighted by Crippen LogP contribution is -2.71. The van der Waals surface area contributed by atoms with Gasteiger partial charge in [0.1, 0.15) is 36.0 Å². The third-order valence-corrected chi connectivity index (χ3v) is 10.3. The number of thioether (sulfide) groups is 2. The fraction of sp³-hybridized carbons (Fsp3) is 0.444. The fourth-order valence-corrected chi connectivity index (χ4v) is 7.76. The lowest BCUT2D eigenvalue weighted by atomic mass is 10.0. The molecule has 0 aromatic carbocycles. The zero-order valence-corrected chi connectivity index (χ0v) is 29.2. The van der Waals surface area contributed by atoms with Crippen molar-refractivity contribution in [2.45, 2.75) is 49.3 Å². The molecule has 0 bridgehead atoms. The van der Waals surface area contributed by atoms with E-state index in [-0.39, 0.29) is 57.7 Å². The van der Waals surface area contributed by atoms with Crippen LogP contribution in [-0.4, -0.2) is 112 Å². The number of carbonyl (C=O) groups is 6. The Kier molecular flexibility index (Phi) is 12.2. The third-order valence-electron chi connectivity index (χ3n) is 7.08. The highest BCUT2D eigenvalue weighted by Gasteiger charge is 2.54. The van der Waals surface area contributed by atoms with E-state index in [0.29, 0.717) is 5.57 Å². The van der Waals surface area contributed by atoms with Gasteiger partial charge in [-0.05, 0) is 11.5 Å². The summed E-state index contributed by atoms with van der Waals surface area (Å²) in [6.07, 6.45) is -0.557. The number of anilines is 1. The number of aliphatic carboxylic acids is 2. The average molecular weight is 754 g/mol. The van der Waals surface area contributed by atoms with E-state index in [0.717, 1.165) is 28.0 Å². The number of nitrogens with zero attached hydrogens (tertiary/aromatic N) is 5. The van der Waals surface area contributed by atoms with Crippen molar-refractivity contribution < 1.29 is 43.8 Å². The maximum atomic E-state index is 13.3. The maximum absolute atomic E-state index is 13.3. The average Bonchev–Trinajstić information content (AvgIpc) is 3.51. The van der Waals surface area contributed by atoms with Crippen LogP contribution in [0, 0.1) is 5.92 Å². The van der Waals surface area contributed by atoms with E-state index >= 15 is 0 Å². The molecule has 6 N–H and O–H groups in total. The number of aryl methyl sites for hydroxylation is 1. The number of carbonyl (C=O) groups excluding carboxylic acids is 4. The lowest BCUT2D eigenvalue weighted by Gasteiger charge is -2.49. The molecule has 20 nitrogen and oxygen atoms in total. The van der Waals surface area contributed by atoms with Crippen molar-refractivity contribution in [2.24, 2.45) is 18.1 Å². The van der Waals surface area contributed by atoms with E-state index in [4.69, 9.17) is 4.84 Å². The van der Waals surface area contributed by atoms with Crippen molar-refractivity contribution in [2.75, 3.05) is 23.9 Å². The minimum Gasteiger partial charge on any atom is -0.480 e. The lowest BCUT2D eigenvalue weighted by molar-refractivity contribution is -0.150. The second-order valence-electron chi connectivity index (χ2n) is 10.9. The van der Waals surface area contributed by atoms with Crippen molar-refractivity contribution in [3.8, 4) is 0 Å². The summed E-state index contributed by atoms with van der Waals surface area (Å²) in [7, 11) is 2.64. The Balaban J connectivity index is 1.38. The van der Waals surface area contributed by atoms with Crippen LogP contribution in [0.15, 0.2) is 36.6 Å². The second-order valence-corrected chi connectivity index (χ2v) is 13.8. The van der Waals surface area contributed by atoms with Crippen LogP contribution < -0.4 is 27.1 Å². The molecule has 0 aliphatic carbocycles. The number of thiazole rings is 1. The van der Waals surface area contributed by atoms with Gasteiger partial charge < -0.3 is 31.0 Å². The third kappa shape index (κ3) is 8.57. The first-order valence-corrected chi connectivity index (χ1v) is 17.4. The maximum Gasteiger partial charge on any atom is 0.352 e. The normalized spacial score (nSPS) is 17.8. The molecule has 268 valence electrons. The number of oxime groups is 1. The highest BCUT2D eigenvalue weighted by Crippen LogP contribution is 2.41. The highest BCUT2D eigenvalue weighted by molar-refractivity contribution is 8.01. The van der Waals surface area contributed by atoms with E-state index in [1.807, 2.05) is 0 Å². The SMILES string of the molecule is CON=C(C(=O)N[C@@H]1C(=O)N2C(C(=O)O)=C(CSc3nc(=O)c(=O)[nH]n3C)CS[C@H]12)c1csc(NC(=O)CCC(=O)N[C@H](C(=O)O)C(C)C)n1. The Labute approximate surface area is 294 Å². The molecule has 50 heavy (non-hydrogen) atoms. The Morgan fingerprint density at radius 2 is 1.84 bits per heavy atom. The number of hydrogen-bond donors (Lipinski definition) is 6. The topological polar surface area (TPSA) is 284 Å². The fourth-order valence-electron chi connectivity index (χ4n) is 4.65. The summed E-state index contributed by atoms with van der Waals surface area (Å²) >= 11 is 3.14. The van der Waals surface area contributed by atoms with Gasteiger partial charge in [0.25, 0.3) is 11.8 Å². The number of amides is 4. The molecule has 2 aromatic rings. The van der Waals surface area contributed by atoms with Gasteiger partial charge in [-0.15, -0.1) is 23.1 Å². The first-order chi connectivity index (χ1) is 23.6. The summed E-state index contributed by atoms with van der Waals surface area (Å²) < 4.78 is 1.22. The second kappa shape index (κ2) is 16.1. The number of carboxylic acid groups (broad SMARTS) is 2. The number of β-lactam (4-membered cyclic amide) rings is 1. The summed E-state index contributed by atoms with van der Waals surface area (Å²) in [5.41, 5.74) is -2.17. The molecule has 1 fully saturated rings. The van der Waals surface area contributed by atoms with E-state index in [2.05, 4.69) is 36.2 Å². The van der Waals surface area contributed by atoms with Crippen LogP contribution in [0.3, 0.4) is 0 Å². The molecule has 4 rings (SSSR count). The van der Waals surface area contributed by atoms with Gasteiger partial charge in [-0.1, -0.05) is 30.8 Å². The Morgan fingerprint density at radius 3 is 2.48 bits per heavy atom. The number of hydrogen-bond acceptors (Lipinski definition) is 15. The van der Waals surface area contributed by atoms with Gasteiger partial charge in [-0.25, -0.2) is 14.6 Å². The zero-order chi connectivity index (χ0) is 36.9. The largest absolute Gasteiger partial charge is 0.480 e. The molecular formula is C27H31N9O11S3. The van der Waals surface area contributed by atoms with Crippen molar-refractivity contribution in [3.05, 3.63) is 43.1 Å². The predicted octanol–water partition coefficient (Wildman–Crippen LogP) is -1.25. The van der Waals surface area contributed by atoms with Gasteiger partial charge in [-0.3, -0.25) is 43.4 Å². The van der Waals surface area contributed by atoms with Gasteiger partial charge in [0.15, 0.2) is 16.0 Å². The first-order valence-electron chi connectivity index (χ1n) is 14.5. The quantitative estimate of drug-likeness (QED) is 0.0407. The molecule has 0 spiro atoms. The number of nitrogens with one attached hydrogen (secondary N) is 4. The molecular weight excluding hydrogens is 723 g/mol. The molecule has 2 aliphatic heterocycles. The van der Waals surface area contributed by atoms with Crippen LogP contribution in [0.1, 0.15) is 32.4 Å². The van der Waals surface area contributed by atoms with E-state index in [1.165, 1.54) is 36.0 Å². The molecule has 4 heterocycles. The van der Waals surface area contributed by atoms with Gasteiger partial charge >= 0.3 is 23.1 Å². The summed E-state index contributed by atoms with van der Waals surface area (Å²) in [6, 6.07) is -2.23. The van der Waals surface area contributed by atoms with Crippen LogP contribution in [0.5, 0.6) is 0 Å². The molecule has 1 saturated heterocycles. The first kappa shape index (κ1) is 37.8. The molecule has 4 amide bonds. The molecule has 0 radical (unpaired) electrons. The number of aromatic amines is 1. The molecule has 2 aliphatic rings. The number of aromatic nitrogens is 4. The van der Waals surface area contributed by atoms with Crippen molar-refractivity contribution in [1.29, 1.82) is 0 Å². The van der Waals surface area contributed by atoms with Gasteiger partial charge in [-0.2, -0.15) is 4.98 Å². The number of H-pyrrole nitrogens is 1. The van der Waals surface area contributed by atoms with Crippen LogP contribution in [-0.2, 0) is 40.7 Å². The Bertz CT molecular complexity index is 1900. The summed E-state index contributed by atoms with van der Waals surface area (Å²) in [5, 5.41) is 33.4. The summed E-state index contributed by atoms with van der Waals surface area (Å²) in [4.78, 5) is 111. The monoisotopic (exact) mass is 753 g/mol. The smallest absolute Gasteiger partial charge is 0.352 e. The number of carboxylic acids is 2. The molecule has 0 unspecified atom stereocenters. The standard InChI is InChI=1S/C27H31N9O11S3/c1-10(2)15(24(43)44)29-13(37)5-6-14(38)30-26-28-12(9-49-26)16(34-47-4)19(39)31-17-22(42)36-18(25(45)46)11(7-48-23(17)36)8-50-27-32-20(40)21(41)33-35(27)3/h9-10,15,17,23H,5-8H2,1-4H3,(H,29,37)(H,31,39)(H,33,41)(H,43,44)(H,45,46)(H,28,30,38)/t15-,17+,23+/m0/s1. The van der Waals surface area contributed by atoms with E-state index in [1.54, 1.807) is 13.8 Å². The zero-order valence-electron chi connectivity index (χ0n) is 26.7.